The molecule has 2 N–H and O–H groups in total. The van der Waals surface area contributed by atoms with Crippen LogP contribution in [0, 0.1) is 11.6 Å². The van der Waals surface area contributed by atoms with E-state index < -0.39 is 5.82 Å². The summed E-state index contributed by atoms with van der Waals surface area (Å²) in [6.07, 6.45) is 0. The zero-order valence-corrected chi connectivity index (χ0v) is 11.2. The van der Waals surface area contributed by atoms with E-state index in [9.17, 15) is 8.78 Å². The van der Waals surface area contributed by atoms with Crippen molar-refractivity contribution in [1.29, 1.82) is 0 Å². The number of nitrogens with one attached hydrogen (secondary N) is 1. The molecule has 0 heterocycles. The predicted molar refractivity (Wildman–Crippen MR) is 74.0 cm³/mol. The summed E-state index contributed by atoms with van der Waals surface area (Å²) >= 11 is 0. The minimum atomic E-state index is -0.418. The minimum absolute atomic E-state index is 0.154. The average Bonchev–Trinajstić information content (AvgIpc) is 2.46. The molecular weight excluding hydrogens is 260 g/mol. The molecule has 0 aliphatic heterocycles. The molecule has 2 rings (SSSR count). The molecule has 0 radical (unpaired) electrons. The first-order valence-corrected chi connectivity index (χ1v) is 6.47. The topological polar surface area (TPSA) is 32.3 Å². The molecule has 0 aromatic heterocycles. The molecule has 0 saturated carbocycles. The van der Waals surface area contributed by atoms with Crippen molar-refractivity contribution >= 4 is 0 Å². The molecule has 0 aliphatic rings. The van der Waals surface area contributed by atoms with Crippen molar-refractivity contribution in [2.24, 2.45) is 0 Å². The van der Waals surface area contributed by atoms with Gasteiger partial charge < -0.3 is 10.4 Å². The minimum Gasteiger partial charge on any atom is -0.392 e. The van der Waals surface area contributed by atoms with Crippen molar-refractivity contribution in [3.05, 3.63) is 70.8 Å². The first-order chi connectivity index (χ1) is 9.61. The van der Waals surface area contributed by atoms with E-state index >= 15 is 0 Å². The zero-order valence-electron chi connectivity index (χ0n) is 11.2. The second kappa shape index (κ2) is 6.59. The number of rotatable bonds is 5. The van der Waals surface area contributed by atoms with Gasteiger partial charge >= 0.3 is 0 Å². The first-order valence-electron chi connectivity index (χ1n) is 6.47. The van der Waals surface area contributed by atoms with Crippen LogP contribution in [0.15, 0.2) is 42.5 Å². The Morgan fingerprint density at radius 2 is 1.85 bits per heavy atom. The summed E-state index contributed by atoms with van der Waals surface area (Å²) in [5, 5.41) is 12.2. The van der Waals surface area contributed by atoms with Crippen molar-refractivity contribution in [3.8, 4) is 0 Å². The summed E-state index contributed by atoms with van der Waals surface area (Å²) in [4.78, 5) is 0. The van der Waals surface area contributed by atoms with Gasteiger partial charge in [-0.2, -0.15) is 0 Å². The van der Waals surface area contributed by atoms with Gasteiger partial charge in [0.2, 0.25) is 0 Å². The van der Waals surface area contributed by atoms with Gasteiger partial charge in [-0.05, 0) is 30.7 Å². The van der Waals surface area contributed by atoms with Crippen LogP contribution in [0.5, 0.6) is 0 Å². The van der Waals surface area contributed by atoms with Gasteiger partial charge in [0.05, 0.1) is 6.61 Å². The third kappa shape index (κ3) is 3.40. The lowest BCUT2D eigenvalue weighted by Gasteiger charge is -2.15. The van der Waals surface area contributed by atoms with Crippen LogP contribution in [0.1, 0.15) is 29.7 Å². The molecule has 0 bridgehead atoms. The van der Waals surface area contributed by atoms with E-state index in [4.69, 9.17) is 5.11 Å². The van der Waals surface area contributed by atoms with Crippen LogP contribution in [0.3, 0.4) is 0 Å². The normalized spacial score (nSPS) is 12.4. The van der Waals surface area contributed by atoms with E-state index in [1.165, 1.54) is 12.1 Å². The summed E-state index contributed by atoms with van der Waals surface area (Å²) in [7, 11) is 0. The zero-order chi connectivity index (χ0) is 14.5. The Kier molecular flexibility index (Phi) is 4.82. The number of hydrogen-bond acceptors (Lipinski definition) is 2. The molecule has 0 saturated heterocycles. The highest BCUT2D eigenvalue weighted by molar-refractivity contribution is 5.25. The largest absolute Gasteiger partial charge is 0.392 e. The van der Waals surface area contributed by atoms with Gasteiger partial charge in [0.15, 0.2) is 0 Å². The number of aliphatic hydroxyl groups is 1. The highest BCUT2D eigenvalue weighted by Crippen LogP contribution is 2.17. The lowest BCUT2D eigenvalue weighted by Crippen LogP contribution is -2.19. The van der Waals surface area contributed by atoms with Crippen LogP contribution in [0.25, 0.3) is 0 Å². The molecule has 1 unspecified atom stereocenters. The van der Waals surface area contributed by atoms with Crippen molar-refractivity contribution in [2.75, 3.05) is 0 Å². The summed E-state index contributed by atoms with van der Waals surface area (Å²) in [6.45, 7) is 2.01. The van der Waals surface area contributed by atoms with Crippen molar-refractivity contribution in [1.82, 2.24) is 5.32 Å². The molecule has 2 nitrogen and oxygen atoms in total. The fraction of sp³-hybridized carbons (Fsp3) is 0.250. The number of benzene rings is 2. The number of hydrogen-bond donors (Lipinski definition) is 2. The van der Waals surface area contributed by atoms with E-state index in [1.54, 1.807) is 30.3 Å². The maximum Gasteiger partial charge on any atom is 0.128 e. The van der Waals surface area contributed by atoms with Crippen LogP contribution >= 0.6 is 0 Å². The molecule has 0 fully saturated rings. The highest BCUT2D eigenvalue weighted by atomic mass is 19.1. The Balaban J connectivity index is 2.03. The Morgan fingerprint density at radius 1 is 1.10 bits per heavy atom. The Hall–Kier alpha value is -1.78. The van der Waals surface area contributed by atoms with E-state index in [0.717, 1.165) is 5.56 Å². The van der Waals surface area contributed by atoms with Gasteiger partial charge in [0.25, 0.3) is 0 Å². The van der Waals surface area contributed by atoms with E-state index in [-0.39, 0.29) is 24.0 Å². The highest BCUT2D eigenvalue weighted by Gasteiger charge is 2.10. The Bertz CT molecular complexity index is 586. The molecular formula is C16H17F2NO. The number of halogens is 2. The summed E-state index contributed by atoms with van der Waals surface area (Å²) < 4.78 is 26.9. The average molecular weight is 277 g/mol. The van der Waals surface area contributed by atoms with Gasteiger partial charge in [-0.15, -0.1) is 0 Å². The van der Waals surface area contributed by atoms with E-state index in [2.05, 4.69) is 5.32 Å². The monoisotopic (exact) mass is 277 g/mol. The quantitative estimate of drug-likeness (QED) is 0.879. The standard InChI is InChI=1S/C16H17F2NO/c1-11(14-4-2-3-5-16(14)18)19-9-12-6-7-15(17)13(8-12)10-20/h2-8,11,19-20H,9-10H2,1H3. The van der Waals surface area contributed by atoms with E-state index in [0.29, 0.717) is 12.1 Å². The van der Waals surface area contributed by atoms with Crippen molar-refractivity contribution in [2.45, 2.75) is 26.1 Å². The van der Waals surface area contributed by atoms with Gasteiger partial charge in [-0.1, -0.05) is 24.3 Å². The molecule has 0 aliphatic carbocycles. The third-order valence-electron chi connectivity index (χ3n) is 3.26. The maximum atomic E-state index is 13.6. The van der Waals surface area contributed by atoms with Crippen LogP contribution in [-0.2, 0) is 13.2 Å². The maximum absolute atomic E-state index is 13.6. The molecule has 2 aromatic carbocycles. The SMILES string of the molecule is CC(NCc1ccc(F)c(CO)c1)c1ccccc1F. The fourth-order valence-corrected chi connectivity index (χ4v) is 2.07. The number of aliphatic hydroxyl groups excluding tert-OH is 1. The second-order valence-corrected chi connectivity index (χ2v) is 4.71. The molecule has 0 spiro atoms. The van der Waals surface area contributed by atoms with Crippen LogP contribution in [-0.4, -0.2) is 5.11 Å². The van der Waals surface area contributed by atoms with Gasteiger partial charge in [0, 0.05) is 23.7 Å². The fourth-order valence-electron chi connectivity index (χ4n) is 2.07. The Morgan fingerprint density at radius 3 is 2.55 bits per heavy atom. The van der Waals surface area contributed by atoms with Crippen LogP contribution in [0.2, 0.25) is 0 Å². The Labute approximate surface area is 117 Å². The van der Waals surface area contributed by atoms with Crippen LogP contribution < -0.4 is 5.32 Å². The van der Waals surface area contributed by atoms with E-state index in [1.807, 2.05) is 6.92 Å². The van der Waals surface area contributed by atoms with Gasteiger partial charge in [0.1, 0.15) is 11.6 Å². The van der Waals surface area contributed by atoms with Crippen molar-refractivity contribution in [3.63, 3.8) is 0 Å². The lowest BCUT2D eigenvalue weighted by molar-refractivity contribution is 0.275. The van der Waals surface area contributed by atoms with Crippen molar-refractivity contribution < 1.29 is 13.9 Å². The van der Waals surface area contributed by atoms with Gasteiger partial charge in [-0.3, -0.25) is 0 Å². The smallest absolute Gasteiger partial charge is 0.128 e. The summed E-state index contributed by atoms with van der Waals surface area (Å²) in [6, 6.07) is 11.0. The summed E-state index contributed by atoms with van der Waals surface area (Å²) in [5.41, 5.74) is 1.71. The lowest BCUT2D eigenvalue weighted by atomic mass is 10.1. The molecule has 20 heavy (non-hydrogen) atoms. The van der Waals surface area contributed by atoms with Gasteiger partial charge in [-0.25, -0.2) is 8.78 Å². The molecule has 1 atom stereocenters. The summed E-state index contributed by atoms with van der Waals surface area (Å²) in [5.74, 6) is -0.666. The molecule has 106 valence electrons. The second-order valence-electron chi connectivity index (χ2n) is 4.71. The first kappa shape index (κ1) is 14.6. The predicted octanol–water partition coefficient (Wildman–Crippen LogP) is 3.31. The molecule has 0 amide bonds. The molecule has 2 aromatic rings. The molecule has 4 heteroatoms. The van der Waals surface area contributed by atoms with Crippen LogP contribution in [0.4, 0.5) is 8.78 Å². The third-order valence-corrected chi connectivity index (χ3v) is 3.26.